The first-order valence-corrected chi connectivity index (χ1v) is 8.66. The van der Waals surface area contributed by atoms with E-state index < -0.39 is 12.1 Å². The fourth-order valence-electron chi connectivity index (χ4n) is 3.72. The van der Waals surface area contributed by atoms with Gasteiger partial charge in [-0.2, -0.15) is 0 Å². The van der Waals surface area contributed by atoms with Gasteiger partial charge in [0.15, 0.2) is 0 Å². The summed E-state index contributed by atoms with van der Waals surface area (Å²) in [6.45, 7) is 2.39. The van der Waals surface area contributed by atoms with Gasteiger partial charge in [0.1, 0.15) is 5.82 Å². The Morgan fingerprint density at radius 1 is 1.27 bits per heavy atom. The largest absolute Gasteiger partial charge is 0.393 e. The smallest absolute Gasteiger partial charge is 0.324 e. The van der Waals surface area contributed by atoms with Gasteiger partial charge in [0.05, 0.1) is 12.1 Å². The van der Waals surface area contributed by atoms with Crippen LogP contribution in [0.1, 0.15) is 40.4 Å². The average molecular weight is 352 g/mol. The van der Waals surface area contributed by atoms with Gasteiger partial charge < -0.3 is 15.3 Å². The lowest BCUT2D eigenvalue weighted by Gasteiger charge is -2.33. The number of amides is 3. The summed E-state index contributed by atoms with van der Waals surface area (Å²) in [5.74, 6) is 0.449. The molecule has 4 rings (SSSR count). The fourth-order valence-corrected chi connectivity index (χ4v) is 3.72. The number of hydrogen-bond acceptors (Lipinski definition) is 4. The summed E-state index contributed by atoms with van der Waals surface area (Å²) in [4.78, 5) is 31.0. The van der Waals surface area contributed by atoms with Crippen molar-refractivity contribution in [3.05, 3.63) is 53.2 Å². The molecule has 134 valence electrons. The lowest BCUT2D eigenvalue weighted by molar-refractivity contribution is 0.0391. The second kappa shape index (κ2) is 6.42. The van der Waals surface area contributed by atoms with Gasteiger partial charge >= 0.3 is 6.03 Å². The lowest BCUT2D eigenvalue weighted by atomic mass is 9.94. The second-order valence-corrected chi connectivity index (χ2v) is 6.71. The van der Waals surface area contributed by atoms with Gasteiger partial charge in [0.25, 0.3) is 5.91 Å². The van der Waals surface area contributed by atoms with Crippen LogP contribution in [0.3, 0.4) is 0 Å². The SMILES string of the molecule is Cc1cccnc1NC(=O)Nc1cccc2c1[C@@H]1C[C@H](O)CCN1C2=O. The van der Waals surface area contributed by atoms with Gasteiger partial charge in [0.2, 0.25) is 0 Å². The first kappa shape index (κ1) is 16.5. The zero-order chi connectivity index (χ0) is 18.3. The Hall–Kier alpha value is -2.93. The van der Waals surface area contributed by atoms with E-state index in [0.29, 0.717) is 36.5 Å². The molecule has 2 aliphatic rings. The number of hydrogen-bond donors (Lipinski definition) is 3. The number of aromatic nitrogens is 1. The molecule has 0 saturated carbocycles. The van der Waals surface area contributed by atoms with E-state index in [-0.39, 0.29) is 11.9 Å². The number of nitrogens with zero attached hydrogens (tertiary/aromatic N) is 2. The second-order valence-electron chi connectivity index (χ2n) is 6.71. The maximum absolute atomic E-state index is 12.6. The molecule has 0 aliphatic carbocycles. The third-order valence-corrected chi connectivity index (χ3v) is 4.99. The highest BCUT2D eigenvalue weighted by Crippen LogP contribution is 2.43. The van der Waals surface area contributed by atoms with Crippen molar-refractivity contribution in [2.24, 2.45) is 0 Å². The highest BCUT2D eigenvalue weighted by atomic mass is 16.3. The molecule has 1 fully saturated rings. The summed E-state index contributed by atoms with van der Waals surface area (Å²) in [7, 11) is 0. The van der Waals surface area contributed by atoms with Crippen LogP contribution in [0.5, 0.6) is 0 Å². The molecule has 7 nitrogen and oxygen atoms in total. The van der Waals surface area contributed by atoms with E-state index in [0.717, 1.165) is 11.1 Å². The Morgan fingerprint density at radius 2 is 2.12 bits per heavy atom. The number of carbonyl (C=O) groups is 2. The first-order valence-electron chi connectivity index (χ1n) is 8.66. The van der Waals surface area contributed by atoms with Crippen molar-refractivity contribution in [3.8, 4) is 0 Å². The number of pyridine rings is 1. The van der Waals surface area contributed by atoms with Gasteiger partial charge in [-0.15, -0.1) is 0 Å². The maximum atomic E-state index is 12.6. The number of rotatable bonds is 2. The number of benzene rings is 1. The highest BCUT2D eigenvalue weighted by molar-refractivity contribution is 6.05. The molecule has 3 N–H and O–H groups in total. The molecule has 0 spiro atoms. The van der Waals surface area contributed by atoms with Gasteiger partial charge in [-0.3, -0.25) is 10.1 Å². The molecule has 0 unspecified atom stereocenters. The Labute approximate surface area is 151 Å². The molecule has 0 bridgehead atoms. The standard InChI is InChI=1S/C19H20N4O3/c1-11-4-3-8-20-17(11)22-19(26)21-14-6-2-5-13-16(14)15-10-12(24)7-9-23(15)18(13)25/h2-6,8,12,15,24H,7,9-10H2,1H3,(H2,20,21,22,26)/t12-,15+/m1/s1. The van der Waals surface area contributed by atoms with Crippen LogP contribution in [-0.4, -0.2) is 39.6 Å². The molecular formula is C19H20N4O3. The van der Waals surface area contributed by atoms with Crippen LogP contribution in [0, 0.1) is 6.92 Å². The number of aryl methyl sites for hydroxylation is 1. The van der Waals surface area contributed by atoms with Crippen molar-refractivity contribution in [1.29, 1.82) is 0 Å². The van der Waals surface area contributed by atoms with E-state index >= 15 is 0 Å². The number of piperidine rings is 1. The number of aliphatic hydroxyl groups excluding tert-OH is 1. The monoisotopic (exact) mass is 352 g/mol. The molecular weight excluding hydrogens is 332 g/mol. The van der Waals surface area contributed by atoms with Crippen LogP contribution in [0.25, 0.3) is 0 Å². The third-order valence-electron chi connectivity index (χ3n) is 4.99. The quantitative estimate of drug-likeness (QED) is 0.774. The summed E-state index contributed by atoms with van der Waals surface area (Å²) in [6, 6.07) is 8.36. The Bertz CT molecular complexity index is 883. The van der Waals surface area contributed by atoms with Crippen molar-refractivity contribution >= 4 is 23.4 Å². The number of anilines is 2. The summed E-state index contributed by atoms with van der Waals surface area (Å²) in [6.07, 6.45) is 2.24. The number of nitrogens with one attached hydrogen (secondary N) is 2. The van der Waals surface area contributed by atoms with Crippen LogP contribution in [0.4, 0.5) is 16.3 Å². The molecule has 2 aliphatic heterocycles. The Balaban J connectivity index is 1.60. The van der Waals surface area contributed by atoms with Crippen LogP contribution >= 0.6 is 0 Å². The van der Waals surface area contributed by atoms with E-state index in [1.807, 2.05) is 13.0 Å². The third kappa shape index (κ3) is 2.80. The van der Waals surface area contributed by atoms with Crippen LogP contribution in [0.15, 0.2) is 36.5 Å². The zero-order valence-electron chi connectivity index (χ0n) is 14.4. The van der Waals surface area contributed by atoms with Gasteiger partial charge in [-0.25, -0.2) is 9.78 Å². The molecule has 1 saturated heterocycles. The molecule has 2 aromatic rings. The topological polar surface area (TPSA) is 94.6 Å². The summed E-state index contributed by atoms with van der Waals surface area (Å²) in [5.41, 5.74) is 2.82. The van der Waals surface area contributed by atoms with Gasteiger partial charge in [-0.1, -0.05) is 12.1 Å². The van der Waals surface area contributed by atoms with E-state index in [2.05, 4.69) is 15.6 Å². The van der Waals surface area contributed by atoms with E-state index in [1.54, 1.807) is 35.4 Å². The van der Waals surface area contributed by atoms with E-state index in [9.17, 15) is 14.7 Å². The Morgan fingerprint density at radius 3 is 2.92 bits per heavy atom. The predicted octanol–water partition coefficient (Wildman–Crippen LogP) is 2.69. The van der Waals surface area contributed by atoms with Crippen LogP contribution < -0.4 is 10.6 Å². The van der Waals surface area contributed by atoms with E-state index in [1.165, 1.54) is 0 Å². The highest BCUT2D eigenvalue weighted by Gasteiger charge is 2.41. The molecule has 26 heavy (non-hydrogen) atoms. The summed E-state index contributed by atoms with van der Waals surface area (Å²) in [5, 5.41) is 15.6. The van der Waals surface area contributed by atoms with E-state index in [4.69, 9.17) is 0 Å². The molecule has 0 radical (unpaired) electrons. The van der Waals surface area contributed by atoms with Crippen molar-refractivity contribution in [3.63, 3.8) is 0 Å². The minimum absolute atomic E-state index is 0.0403. The zero-order valence-corrected chi connectivity index (χ0v) is 14.4. The minimum Gasteiger partial charge on any atom is -0.393 e. The molecule has 1 aromatic heterocycles. The first-order chi connectivity index (χ1) is 12.5. The summed E-state index contributed by atoms with van der Waals surface area (Å²) >= 11 is 0. The van der Waals surface area contributed by atoms with Crippen LogP contribution in [-0.2, 0) is 0 Å². The van der Waals surface area contributed by atoms with Crippen molar-refractivity contribution < 1.29 is 14.7 Å². The molecule has 3 heterocycles. The fraction of sp³-hybridized carbons (Fsp3) is 0.316. The average Bonchev–Trinajstić information content (AvgIpc) is 2.90. The number of aliphatic hydroxyl groups is 1. The van der Waals surface area contributed by atoms with Crippen molar-refractivity contribution in [2.75, 3.05) is 17.2 Å². The number of carbonyl (C=O) groups excluding carboxylic acids is 2. The molecule has 2 atom stereocenters. The minimum atomic E-state index is -0.437. The van der Waals surface area contributed by atoms with Crippen LogP contribution in [0.2, 0.25) is 0 Å². The summed E-state index contributed by atoms with van der Waals surface area (Å²) < 4.78 is 0. The van der Waals surface area contributed by atoms with Gasteiger partial charge in [0, 0.05) is 29.6 Å². The maximum Gasteiger partial charge on any atom is 0.324 e. The number of urea groups is 1. The lowest BCUT2D eigenvalue weighted by Crippen LogP contribution is -2.37. The van der Waals surface area contributed by atoms with Gasteiger partial charge in [-0.05, 0) is 43.5 Å². The number of fused-ring (bicyclic) bond motifs is 3. The van der Waals surface area contributed by atoms with Crippen molar-refractivity contribution in [1.82, 2.24) is 9.88 Å². The molecule has 1 aromatic carbocycles. The molecule has 7 heteroatoms. The predicted molar refractivity (Wildman–Crippen MR) is 97.1 cm³/mol. The van der Waals surface area contributed by atoms with Crippen molar-refractivity contribution in [2.45, 2.75) is 31.9 Å². The normalized spacial score (nSPS) is 21.2. The molecule has 3 amide bonds. The Kier molecular flexibility index (Phi) is 4.08.